The Kier molecular flexibility index (Phi) is 24.6. The number of rotatable bonds is 28. The Morgan fingerprint density at radius 2 is 1.51 bits per heavy atom. The lowest BCUT2D eigenvalue weighted by Gasteiger charge is -2.28. The zero-order valence-corrected chi connectivity index (χ0v) is 27.9. The second-order valence-corrected chi connectivity index (χ2v) is 11.5. The van der Waals surface area contributed by atoms with Crippen LogP contribution >= 0.6 is 0 Å². The van der Waals surface area contributed by atoms with Crippen LogP contribution in [0.1, 0.15) is 65.7 Å². The molecule has 0 aromatic heterocycles. The maximum absolute atomic E-state index is 12.9. The van der Waals surface area contributed by atoms with E-state index in [0.717, 1.165) is 12.8 Å². The van der Waals surface area contributed by atoms with Crippen molar-refractivity contribution in [2.45, 2.75) is 77.9 Å². The highest BCUT2D eigenvalue weighted by Crippen LogP contribution is 2.09. The largest absolute Gasteiger partial charge is 0.391 e. The van der Waals surface area contributed by atoms with E-state index >= 15 is 0 Å². The molecule has 14 nitrogen and oxygen atoms in total. The third kappa shape index (κ3) is 21.4. The van der Waals surface area contributed by atoms with Gasteiger partial charge in [-0.25, -0.2) is 0 Å². The highest BCUT2D eigenvalue weighted by molar-refractivity contribution is 5.89. The van der Waals surface area contributed by atoms with Crippen molar-refractivity contribution in [2.24, 2.45) is 11.8 Å². The van der Waals surface area contributed by atoms with Gasteiger partial charge in [0.25, 0.3) is 0 Å². The van der Waals surface area contributed by atoms with E-state index < -0.39 is 24.0 Å². The summed E-state index contributed by atoms with van der Waals surface area (Å²) < 4.78 is 11.0. The lowest BCUT2D eigenvalue weighted by Crippen LogP contribution is -2.54. The first kappa shape index (κ1) is 42.1. The number of aldehydes is 2. The highest BCUT2D eigenvalue weighted by Gasteiger charge is 2.28. The number of carbonyl (C=O) groups is 6. The maximum atomic E-state index is 12.9. The summed E-state index contributed by atoms with van der Waals surface area (Å²) in [5, 5.41) is 18.7. The molecule has 2 unspecified atom stereocenters. The standard InChI is InChI=1S/C31H57N5O9/c1-6-8-28(40)33-21-26(36(5)30(42)9-7-15-37)31(43)34-22-27(39)25(3)11-17-44-19-20-45-18-12-29(41)32-13-14-35(4)23-24(2)10-16-38/h15-16,24-27,39H,6-14,17-23H2,1-5H3,(H,32,41)(H,33,40)(H,34,43)/t24?,25?,26-,27+/m0/s1. The quantitative estimate of drug-likeness (QED) is 0.0664. The van der Waals surface area contributed by atoms with E-state index in [-0.39, 0.29) is 62.6 Å². The van der Waals surface area contributed by atoms with Crippen LogP contribution in [0, 0.1) is 11.8 Å². The monoisotopic (exact) mass is 643 g/mol. The van der Waals surface area contributed by atoms with E-state index in [2.05, 4.69) is 20.9 Å². The molecule has 0 radical (unpaired) electrons. The molecule has 0 fully saturated rings. The summed E-state index contributed by atoms with van der Waals surface area (Å²) in [5.41, 5.74) is 0. The van der Waals surface area contributed by atoms with Crippen LogP contribution in [0.15, 0.2) is 0 Å². The van der Waals surface area contributed by atoms with Crippen molar-refractivity contribution in [2.75, 3.05) is 73.2 Å². The van der Waals surface area contributed by atoms with Crippen molar-refractivity contribution in [3.63, 3.8) is 0 Å². The first-order valence-corrected chi connectivity index (χ1v) is 15.9. The predicted molar refractivity (Wildman–Crippen MR) is 169 cm³/mol. The minimum atomic E-state index is -0.988. The molecule has 0 aromatic rings. The number of hydrogen-bond donors (Lipinski definition) is 4. The summed E-state index contributed by atoms with van der Waals surface area (Å²) in [6.45, 7) is 8.89. The summed E-state index contributed by atoms with van der Waals surface area (Å²) in [5.74, 6) is -1.16. The van der Waals surface area contributed by atoms with Gasteiger partial charge >= 0.3 is 0 Å². The van der Waals surface area contributed by atoms with Crippen molar-refractivity contribution in [3.05, 3.63) is 0 Å². The van der Waals surface area contributed by atoms with Gasteiger partial charge in [-0.05, 0) is 31.7 Å². The summed E-state index contributed by atoms with van der Waals surface area (Å²) in [6.07, 6.45) is 2.91. The van der Waals surface area contributed by atoms with Crippen LogP contribution in [0.5, 0.6) is 0 Å². The van der Waals surface area contributed by atoms with E-state index in [4.69, 9.17) is 9.47 Å². The summed E-state index contributed by atoms with van der Waals surface area (Å²) in [7, 11) is 3.40. The first-order chi connectivity index (χ1) is 21.5. The Morgan fingerprint density at radius 3 is 2.16 bits per heavy atom. The van der Waals surface area contributed by atoms with Crippen molar-refractivity contribution in [1.82, 2.24) is 25.8 Å². The molecule has 4 atom stereocenters. The molecule has 45 heavy (non-hydrogen) atoms. The molecule has 0 saturated carbocycles. The van der Waals surface area contributed by atoms with E-state index in [9.17, 15) is 33.9 Å². The van der Waals surface area contributed by atoms with Crippen molar-refractivity contribution < 1.29 is 43.3 Å². The number of nitrogens with zero attached hydrogens (tertiary/aromatic N) is 2. The fourth-order valence-electron chi connectivity index (χ4n) is 4.27. The molecule has 0 heterocycles. The van der Waals surface area contributed by atoms with Crippen molar-refractivity contribution in [3.8, 4) is 0 Å². The van der Waals surface area contributed by atoms with Gasteiger partial charge in [-0.1, -0.05) is 20.8 Å². The highest BCUT2D eigenvalue weighted by atomic mass is 16.5. The minimum Gasteiger partial charge on any atom is -0.391 e. The number of aliphatic hydroxyl groups is 1. The molecular formula is C31H57N5O9. The number of aliphatic hydroxyl groups excluding tert-OH is 1. The Bertz CT molecular complexity index is 876. The van der Waals surface area contributed by atoms with E-state index in [1.54, 1.807) is 0 Å². The molecule has 0 saturated heterocycles. The molecule has 0 aliphatic heterocycles. The molecule has 0 aliphatic rings. The van der Waals surface area contributed by atoms with Crippen molar-refractivity contribution in [1.29, 1.82) is 0 Å². The van der Waals surface area contributed by atoms with Crippen LogP contribution in [0.4, 0.5) is 0 Å². The van der Waals surface area contributed by atoms with Gasteiger partial charge in [0.2, 0.25) is 23.6 Å². The molecule has 4 amide bonds. The SMILES string of the molecule is CCCC(=O)NC[C@@H](C(=O)NC[C@@H](O)C(C)CCOCCOCCC(=O)NCCN(C)CC(C)CC=O)N(C)C(=O)CCC=O. The normalized spacial score (nSPS) is 13.8. The molecule has 0 aromatic carbocycles. The Balaban J connectivity index is 4.25. The van der Waals surface area contributed by atoms with E-state index in [1.165, 1.54) is 11.9 Å². The van der Waals surface area contributed by atoms with Gasteiger partial charge in [0.15, 0.2) is 0 Å². The van der Waals surface area contributed by atoms with Crippen LogP contribution in [-0.4, -0.2) is 136 Å². The lowest BCUT2D eigenvalue weighted by atomic mass is 10.0. The van der Waals surface area contributed by atoms with Gasteiger partial charge in [0.1, 0.15) is 18.6 Å². The number of amides is 4. The Hall–Kier alpha value is -2.94. The first-order valence-electron chi connectivity index (χ1n) is 15.9. The second-order valence-electron chi connectivity index (χ2n) is 11.5. The molecule has 4 N–H and O–H groups in total. The number of hydrogen-bond acceptors (Lipinski definition) is 10. The van der Waals surface area contributed by atoms with Gasteiger partial charge < -0.3 is 49.9 Å². The van der Waals surface area contributed by atoms with Crippen LogP contribution in [0.25, 0.3) is 0 Å². The average molecular weight is 644 g/mol. The fraction of sp³-hybridized carbons (Fsp3) is 0.806. The number of carbonyl (C=O) groups excluding carboxylic acids is 6. The minimum absolute atomic E-state index is 0.0330. The van der Waals surface area contributed by atoms with Crippen LogP contribution in [-0.2, 0) is 38.2 Å². The number of ether oxygens (including phenoxy) is 2. The summed E-state index contributed by atoms with van der Waals surface area (Å²) in [4.78, 5) is 73.7. The zero-order valence-electron chi connectivity index (χ0n) is 27.9. The fourth-order valence-corrected chi connectivity index (χ4v) is 4.27. The molecule has 0 spiro atoms. The van der Waals surface area contributed by atoms with Crippen molar-refractivity contribution >= 4 is 36.2 Å². The van der Waals surface area contributed by atoms with E-state index in [0.29, 0.717) is 64.9 Å². The lowest BCUT2D eigenvalue weighted by molar-refractivity contribution is -0.139. The predicted octanol–water partition coefficient (Wildman–Crippen LogP) is -0.0915. The van der Waals surface area contributed by atoms with Gasteiger partial charge in [-0.2, -0.15) is 0 Å². The molecule has 0 aliphatic carbocycles. The van der Waals surface area contributed by atoms with Gasteiger partial charge in [-0.15, -0.1) is 0 Å². The number of likely N-dealkylation sites (N-methyl/N-ethyl adjacent to an activating group) is 2. The Morgan fingerprint density at radius 1 is 0.844 bits per heavy atom. The molecule has 14 heteroatoms. The second kappa shape index (κ2) is 26.3. The van der Waals surface area contributed by atoms with Crippen LogP contribution in [0.2, 0.25) is 0 Å². The maximum Gasteiger partial charge on any atom is 0.244 e. The zero-order chi connectivity index (χ0) is 34.0. The molecule has 0 bridgehead atoms. The Labute approximate surface area is 268 Å². The van der Waals surface area contributed by atoms with Crippen LogP contribution < -0.4 is 16.0 Å². The molecule has 260 valence electrons. The average Bonchev–Trinajstić information content (AvgIpc) is 2.99. The topological polar surface area (TPSA) is 184 Å². The summed E-state index contributed by atoms with van der Waals surface area (Å²) >= 11 is 0. The molecule has 0 rings (SSSR count). The van der Waals surface area contributed by atoms with Gasteiger partial charge in [0, 0.05) is 78.5 Å². The van der Waals surface area contributed by atoms with Gasteiger partial charge in [0.05, 0.1) is 25.9 Å². The third-order valence-corrected chi connectivity index (χ3v) is 7.25. The molecular weight excluding hydrogens is 586 g/mol. The van der Waals surface area contributed by atoms with Gasteiger partial charge in [-0.3, -0.25) is 19.2 Å². The summed E-state index contributed by atoms with van der Waals surface area (Å²) in [6, 6.07) is -0.988. The third-order valence-electron chi connectivity index (χ3n) is 7.25. The smallest absolute Gasteiger partial charge is 0.244 e. The van der Waals surface area contributed by atoms with E-state index in [1.807, 2.05) is 27.8 Å². The van der Waals surface area contributed by atoms with Crippen LogP contribution in [0.3, 0.4) is 0 Å². The number of nitrogens with one attached hydrogen (secondary N) is 3.